The first kappa shape index (κ1) is 15.7. The lowest BCUT2D eigenvalue weighted by atomic mass is 9.80. The van der Waals surface area contributed by atoms with Gasteiger partial charge in [0.15, 0.2) is 0 Å². The molecule has 0 aromatic heterocycles. The molecule has 1 atom stereocenters. The van der Waals surface area contributed by atoms with Crippen LogP contribution in [0.25, 0.3) is 10.4 Å². The van der Waals surface area contributed by atoms with Crippen LogP contribution in [0, 0.1) is 5.92 Å². The molecule has 1 N–H and O–H groups in total. The van der Waals surface area contributed by atoms with Gasteiger partial charge in [-0.3, -0.25) is 0 Å². The Morgan fingerprint density at radius 2 is 2.05 bits per heavy atom. The van der Waals surface area contributed by atoms with E-state index in [4.69, 9.17) is 10.6 Å². The van der Waals surface area contributed by atoms with Gasteiger partial charge in [-0.25, -0.2) is 4.79 Å². The number of hydrogen-bond donors (Lipinski definition) is 1. The molecule has 0 aliphatic carbocycles. The Labute approximate surface area is 131 Å². The molecule has 21 heavy (non-hydrogen) atoms. The zero-order valence-electron chi connectivity index (χ0n) is 11.5. The Hall–Kier alpha value is -1.72. The topological polar surface area (TPSA) is 89.3 Å². The summed E-state index contributed by atoms with van der Waals surface area (Å²) in [7, 11) is 0. The molecule has 1 aliphatic rings. The standard InChI is InChI=1S/C14H17BrN4O2/c15-12-3-1-10(2-4-12)13(9-17-18-16)11-5-7-19(8-6-11)14(20)21/h1-4,11,13H,5-9H2,(H,20,21). The molecule has 0 radical (unpaired) electrons. The summed E-state index contributed by atoms with van der Waals surface area (Å²) >= 11 is 3.41. The highest BCUT2D eigenvalue weighted by Crippen LogP contribution is 2.33. The summed E-state index contributed by atoms with van der Waals surface area (Å²) in [6, 6.07) is 8.02. The molecule has 1 saturated heterocycles. The van der Waals surface area contributed by atoms with Crippen molar-refractivity contribution in [2.75, 3.05) is 19.6 Å². The molecule has 0 spiro atoms. The van der Waals surface area contributed by atoms with Gasteiger partial charge in [0, 0.05) is 29.0 Å². The van der Waals surface area contributed by atoms with Crippen LogP contribution >= 0.6 is 15.9 Å². The van der Waals surface area contributed by atoms with Crippen LogP contribution in [0.2, 0.25) is 0 Å². The van der Waals surface area contributed by atoms with Crippen molar-refractivity contribution >= 4 is 22.0 Å². The van der Waals surface area contributed by atoms with Crippen molar-refractivity contribution in [3.8, 4) is 0 Å². The molecule has 7 heteroatoms. The summed E-state index contributed by atoms with van der Waals surface area (Å²) in [4.78, 5) is 15.3. The smallest absolute Gasteiger partial charge is 0.407 e. The molecule has 1 unspecified atom stereocenters. The minimum Gasteiger partial charge on any atom is -0.465 e. The molecule has 1 aromatic rings. The first-order valence-corrected chi connectivity index (χ1v) is 7.65. The largest absolute Gasteiger partial charge is 0.465 e. The summed E-state index contributed by atoms with van der Waals surface area (Å²) < 4.78 is 1.01. The van der Waals surface area contributed by atoms with Gasteiger partial charge in [-0.1, -0.05) is 33.2 Å². The number of azide groups is 1. The third-order valence-corrected chi connectivity index (χ3v) is 4.55. The van der Waals surface area contributed by atoms with Gasteiger partial charge >= 0.3 is 6.09 Å². The van der Waals surface area contributed by atoms with Crippen molar-refractivity contribution in [2.24, 2.45) is 11.0 Å². The van der Waals surface area contributed by atoms with Crippen molar-refractivity contribution in [3.05, 3.63) is 44.7 Å². The van der Waals surface area contributed by atoms with Crippen LogP contribution < -0.4 is 0 Å². The van der Waals surface area contributed by atoms with Gasteiger partial charge in [0.2, 0.25) is 0 Å². The second kappa shape index (κ2) is 7.33. The number of piperidine rings is 1. The van der Waals surface area contributed by atoms with Gasteiger partial charge in [-0.15, -0.1) is 0 Å². The normalized spacial score (nSPS) is 17.1. The number of nitrogens with zero attached hydrogens (tertiary/aromatic N) is 4. The van der Waals surface area contributed by atoms with E-state index in [9.17, 15) is 4.79 Å². The maximum atomic E-state index is 11.0. The molecule has 1 heterocycles. The summed E-state index contributed by atoms with van der Waals surface area (Å²) in [5.74, 6) is 0.484. The molecule has 0 bridgehead atoms. The van der Waals surface area contributed by atoms with E-state index in [-0.39, 0.29) is 5.92 Å². The van der Waals surface area contributed by atoms with E-state index in [1.807, 2.05) is 24.3 Å². The summed E-state index contributed by atoms with van der Waals surface area (Å²) in [5.41, 5.74) is 9.72. The lowest BCUT2D eigenvalue weighted by Crippen LogP contribution is -2.39. The molecule has 0 saturated carbocycles. The van der Waals surface area contributed by atoms with Crippen molar-refractivity contribution in [1.29, 1.82) is 0 Å². The summed E-state index contributed by atoms with van der Waals surface area (Å²) in [6.45, 7) is 1.50. The van der Waals surface area contributed by atoms with Crippen LogP contribution in [0.4, 0.5) is 4.79 Å². The molecule has 2 rings (SSSR count). The zero-order valence-corrected chi connectivity index (χ0v) is 13.1. The zero-order chi connectivity index (χ0) is 15.2. The number of rotatable bonds is 4. The summed E-state index contributed by atoms with van der Waals surface area (Å²) in [5, 5.41) is 12.7. The minimum absolute atomic E-state index is 0.143. The highest BCUT2D eigenvalue weighted by atomic mass is 79.9. The number of amides is 1. The molecule has 112 valence electrons. The maximum Gasteiger partial charge on any atom is 0.407 e. The monoisotopic (exact) mass is 352 g/mol. The minimum atomic E-state index is -0.858. The molecule has 1 fully saturated rings. The van der Waals surface area contributed by atoms with E-state index < -0.39 is 6.09 Å². The Balaban J connectivity index is 2.11. The fraction of sp³-hybridized carbons (Fsp3) is 0.500. The second-order valence-corrected chi connectivity index (χ2v) is 6.09. The highest BCUT2D eigenvalue weighted by molar-refractivity contribution is 9.10. The van der Waals surface area contributed by atoms with Gasteiger partial charge in [-0.05, 0) is 47.9 Å². The lowest BCUT2D eigenvalue weighted by Gasteiger charge is -2.34. The van der Waals surface area contributed by atoms with Gasteiger partial charge in [0.25, 0.3) is 0 Å². The van der Waals surface area contributed by atoms with Crippen LogP contribution in [0.1, 0.15) is 24.3 Å². The van der Waals surface area contributed by atoms with Crippen LogP contribution in [0.15, 0.2) is 33.9 Å². The second-order valence-electron chi connectivity index (χ2n) is 5.18. The van der Waals surface area contributed by atoms with E-state index in [1.54, 1.807) is 0 Å². The molecular formula is C14H17BrN4O2. The van der Waals surface area contributed by atoms with Gasteiger partial charge in [0.1, 0.15) is 0 Å². The number of likely N-dealkylation sites (tertiary alicyclic amines) is 1. The fourth-order valence-electron chi connectivity index (χ4n) is 2.85. The van der Waals surface area contributed by atoms with Crippen LogP contribution in [-0.4, -0.2) is 35.7 Å². The number of hydrogen-bond acceptors (Lipinski definition) is 2. The molecule has 1 aromatic carbocycles. The Morgan fingerprint density at radius 1 is 1.43 bits per heavy atom. The van der Waals surface area contributed by atoms with Crippen molar-refractivity contribution in [2.45, 2.75) is 18.8 Å². The van der Waals surface area contributed by atoms with Gasteiger partial charge in [0.05, 0.1) is 0 Å². The summed E-state index contributed by atoms with van der Waals surface area (Å²) in [6.07, 6.45) is 0.741. The van der Waals surface area contributed by atoms with Gasteiger partial charge in [-0.2, -0.15) is 0 Å². The average Bonchev–Trinajstić information content (AvgIpc) is 2.50. The van der Waals surface area contributed by atoms with Crippen LogP contribution in [0.3, 0.4) is 0 Å². The molecule has 6 nitrogen and oxygen atoms in total. The van der Waals surface area contributed by atoms with E-state index >= 15 is 0 Å². The first-order chi connectivity index (χ1) is 10.1. The van der Waals surface area contributed by atoms with Crippen LogP contribution in [-0.2, 0) is 0 Å². The highest BCUT2D eigenvalue weighted by Gasteiger charge is 2.28. The third kappa shape index (κ3) is 4.12. The van der Waals surface area contributed by atoms with Crippen LogP contribution in [0.5, 0.6) is 0 Å². The maximum absolute atomic E-state index is 11.0. The van der Waals surface area contributed by atoms with E-state index in [2.05, 4.69) is 26.0 Å². The number of halogens is 1. The third-order valence-electron chi connectivity index (χ3n) is 4.02. The first-order valence-electron chi connectivity index (χ1n) is 6.86. The van der Waals surface area contributed by atoms with E-state index in [0.29, 0.717) is 25.6 Å². The Morgan fingerprint density at radius 3 is 2.57 bits per heavy atom. The Bertz CT molecular complexity index is 534. The van der Waals surface area contributed by atoms with E-state index in [1.165, 1.54) is 4.90 Å². The molecule has 1 amide bonds. The lowest BCUT2D eigenvalue weighted by molar-refractivity contribution is 0.120. The van der Waals surface area contributed by atoms with E-state index in [0.717, 1.165) is 22.9 Å². The number of carbonyl (C=O) groups is 1. The quantitative estimate of drug-likeness (QED) is 0.499. The van der Waals surface area contributed by atoms with Crippen molar-refractivity contribution in [1.82, 2.24) is 4.90 Å². The van der Waals surface area contributed by atoms with Crippen molar-refractivity contribution < 1.29 is 9.90 Å². The molecular weight excluding hydrogens is 336 g/mol. The molecule has 1 aliphatic heterocycles. The fourth-order valence-corrected chi connectivity index (χ4v) is 3.12. The predicted octanol–water partition coefficient (Wildman–Crippen LogP) is 4.23. The Kier molecular flexibility index (Phi) is 5.47. The number of carboxylic acid groups (broad SMARTS) is 1. The average molecular weight is 353 g/mol. The number of benzene rings is 1. The van der Waals surface area contributed by atoms with Gasteiger partial charge < -0.3 is 10.0 Å². The predicted molar refractivity (Wildman–Crippen MR) is 83.2 cm³/mol. The SMILES string of the molecule is [N-]=[N+]=NCC(c1ccc(Br)cc1)C1CCN(C(=O)O)CC1. The van der Waals surface area contributed by atoms with Crippen molar-refractivity contribution in [3.63, 3.8) is 0 Å².